The molecule has 32 heavy (non-hydrogen) atoms. The van der Waals surface area contributed by atoms with Gasteiger partial charge in [-0.25, -0.2) is 4.98 Å². The molecule has 1 fully saturated rings. The SMILES string of the molecule is COc1cccc(C(NC(=O)/C=C/c2ccc(N3CCCC3=O)cc2)c2nccn2C)c1. The molecule has 2 aromatic carbocycles. The van der Waals surface area contributed by atoms with Crippen molar-refractivity contribution < 1.29 is 14.3 Å². The molecule has 2 heterocycles. The third kappa shape index (κ3) is 4.72. The number of methoxy groups -OCH3 is 1. The minimum absolute atomic E-state index is 0.158. The van der Waals surface area contributed by atoms with E-state index in [1.165, 1.54) is 6.08 Å². The molecule has 7 nitrogen and oxygen atoms in total. The molecule has 3 aromatic rings. The molecule has 0 aliphatic carbocycles. The summed E-state index contributed by atoms with van der Waals surface area (Å²) in [6, 6.07) is 14.8. The molecule has 1 saturated heterocycles. The molecule has 1 aliphatic rings. The number of aromatic nitrogens is 2. The quantitative estimate of drug-likeness (QED) is 0.583. The molecule has 164 valence electrons. The number of benzene rings is 2. The van der Waals surface area contributed by atoms with E-state index in [1.807, 2.05) is 66.3 Å². The highest BCUT2D eigenvalue weighted by molar-refractivity contribution is 5.95. The van der Waals surface area contributed by atoms with Crippen LogP contribution in [0.3, 0.4) is 0 Å². The average molecular weight is 431 g/mol. The first-order valence-electron chi connectivity index (χ1n) is 10.6. The fourth-order valence-corrected chi connectivity index (χ4v) is 3.82. The van der Waals surface area contributed by atoms with Crippen LogP contribution in [0.25, 0.3) is 6.08 Å². The first-order chi connectivity index (χ1) is 15.5. The van der Waals surface area contributed by atoms with Crippen LogP contribution in [0.1, 0.15) is 35.8 Å². The molecule has 0 radical (unpaired) electrons. The van der Waals surface area contributed by atoms with Gasteiger partial charge in [0.1, 0.15) is 17.6 Å². The molecule has 7 heteroatoms. The van der Waals surface area contributed by atoms with Gasteiger partial charge >= 0.3 is 0 Å². The highest BCUT2D eigenvalue weighted by atomic mass is 16.5. The van der Waals surface area contributed by atoms with Crippen molar-refractivity contribution in [2.45, 2.75) is 18.9 Å². The largest absolute Gasteiger partial charge is 0.497 e. The Morgan fingerprint density at radius 1 is 1.22 bits per heavy atom. The Morgan fingerprint density at radius 3 is 2.69 bits per heavy atom. The van der Waals surface area contributed by atoms with Crippen LogP contribution in [-0.4, -0.2) is 35.0 Å². The Bertz CT molecular complexity index is 1130. The highest BCUT2D eigenvalue weighted by Crippen LogP contribution is 2.25. The summed E-state index contributed by atoms with van der Waals surface area (Å²) < 4.78 is 7.22. The van der Waals surface area contributed by atoms with Gasteiger partial charge in [0.15, 0.2) is 0 Å². The molecule has 1 aliphatic heterocycles. The van der Waals surface area contributed by atoms with E-state index in [0.29, 0.717) is 12.2 Å². The number of hydrogen-bond donors (Lipinski definition) is 1. The monoisotopic (exact) mass is 430 g/mol. The zero-order chi connectivity index (χ0) is 22.5. The van der Waals surface area contributed by atoms with Crippen molar-refractivity contribution in [3.63, 3.8) is 0 Å². The lowest BCUT2D eigenvalue weighted by molar-refractivity contribution is -0.117. The Kier molecular flexibility index (Phi) is 6.35. The van der Waals surface area contributed by atoms with Gasteiger partial charge in [0.05, 0.1) is 7.11 Å². The first kappa shape index (κ1) is 21.4. The number of nitrogens with zero attached hydrogens (tertiary/aromatic N) is 3. The number of carbonyl (C=O) groups excluding carboxylic acids is 2. The fourth-order valence-electron chi connectivity index (χ4n) is 3.82. The molecule has 2 amide bonds. The van der Waals surface area contributed by atoms with Gasteiger partial charge in [-0.15, -0.1) is 0 Å². The minimum Gasteiger partial charge on any atom is -0.497 e. The highest BCUT2D eigenvalue weighted by Gasteiger charge is 2.22. The van der Waals surface area contributed by atoms with Crippen LogP contribution in [0.15, 0.2) is 67.0 Å². The summed E-state index contributed by atoms with van der Waals surface area (Å²) in [5.74, 6) is 1.35. The number of anilines is 1. The first-order valence-corrected chi connectivity index (χ1v) is 10.6. The fraction of sp³-hybridized carbons (Fsp3) is 0.240. The number of nitrogens with one attached hydrogen (secondary N) is 1. The summed E-state index contributed by atoms with van der Waals surface area (Å²) in [5.41, 5.74) is 2.65. The van der Waals surface area contributed by atoms with E-state index >= 15 is 0 Å². The van der Waals surface area contributed by atoms with Gasteiger partial charge in [0.25, 0.3) is 0 Å². The van der Waals surface area contributed by atoms with Gasteiger partial charge in [0, 0.05) is 44.2 Å². The summed E-state index contributed by atoms with van der Waals surface area (Å²) in [6.45, 7) is 0.759. The van der Waals surface area contributed by atoms with Crippen LogP contribution in [0, 0.1) is 0 Å². The molecule has 1 unspecified atom stereocenters. The van der Waals surface area contributed by atoms with Gasteiger partial charge in [0.2, 0.25) is 11.8 Å². The zero-order valence-electron chi connectivity index (χ0n) is 18.2. The Balaban J connectivity index is 1.49. The molecule has 1 atom stereocenters. The summed E-state index contributed by atoms with van der Waals surface area (Å²) in [4.78, 5) is 30.9. The number of hydrogen-bond acceptors (Lipinski definition) is 4. The van der Waals surface area contributed by atoms with Gasteiger partial charge in [-0.1, -0.05) is 24.3 Å². The summed E-state index contributed by atoms with van der Waals surface area (Å²) >= 11 is 0. The van der Waals surface area contributed by atoms with Crippen LogP contribution in [0.2, 0.25) is 0 Å². The number of amides is 2. The van der Waals surface area contributed by atoms with Crippen molar-refractivity contribution >= 4 is 23.6 Å². The third-order valence-electron chi connectivity index (χ3n) is 5.54. The third-order valence-corrected chi connectivity index (χ3v) is 5.54. The van der Waals surface area contributed by atoms with E-state index in [9.17, 15) is 9.59 Å². The Morgan fingerprint density at radius 2 is 2.03 bits per heavy atom. The lowest BCUT2D eigenvalue weighted by atomic mass is 10.1. The van der Waals surface area contributed by atoms with Crippen LogP contribution >= 0.6 is 0 Å². The normalized spacial score (nSPS) is 14.7. The average Bonchev–Trinajstić information content (AvgIpc) is 3.44. The van der Waals surface area contributed by atoms with Crippen molar-refractivity contribution in [2.24, 2.45) is 7.05 Å². The van der Waals surface area contributed by atoms with E-state index < -0.39 is 6.04 Å². The maximum Gasteiger partial charge on any atom is 0.244 e. The Hall–Kier alpha value is -3.87. The Labute approximate surface area is 187 Å². The van der Waals surface area contributed by atoms with Crippen LogP contribution in [-0.2, 0) is 16.6 Å². The van der Waals surface area contributed by atoms with E-state index in [2.05, 4.69) is 10.3 Å². The zero-order valence-corrected chi connectivity index (χ0v) is 18.2. The van der Waals surface area contributed by atoms with Crippen molar-refractivity contribution in [3.05, 3.63) is 84.0 Å². The lowest BCUT2D eigenvalue weighted by Crippen LogP contribution is -2.29. The van der Waals surface area contributed by atoms with Gasteiger partial charge in [-0.2, -0.15) is 0 Å². The van der Waals surface area contributed by atoms with Gasteiger partial charge in [-0.3, -0.25) is 9.59 Å². The maximum absolute atomic E-state index is 12.8. The van der Waals surface area contributed by atoms with E-state index in [0.717, 1.165) is 35.6 Å². The van der Waals surface area contributed by atoms with Crippen molar-refractivity contribution in [1.29, 1.82) is 0 Å². The van der Waals surface area contributed by atoms with Crippen LogP contribution in [0.5, 0.6) is 5.75 Å². The second kappa shape index (κ2) is 9.51. The summed E-state index contributed by atoms with van der Waals surface area (Å²) in [7, 11) is 3.51. The number of ether oxygens (including phenoxy) is 1. The summed E-state index contributed by atoms with van der Waals surface area (Å²) in [5, 5.41) is 3.04. The molecule has 0 bridgehead atoms. The topological polar surface area (TPSA) is 76.5 Å². The number of aryl methyl sites for hydroxylation is 1. The van der Waals surface area contributed by atoms with E-state index in [-0.39, 0.29) is 11.8 Å². The van der Waals surface area contributed by atoms with Crippen molar-refractivity contribution in [3.8, 4) is 5.75 Å². The lowest BCUT2D eigenvalue weighted by Gasteiger charge is -2.19. The molecular weight excluding hydrogens is 404 g/mol. The maximum atomic E-state index is 12.8. The number of imidazole rings is 1. The van der Waals surface area contributed by atoms with Crippen molar-refractivity contribution in [1.82, 2.24) is 14.9 Å². The van der Waals surface area contributed by atoms with Gasteiger partial charge in [-0.05, 0) is 47.9 Å². The molecule has 1 aromatic heterocycles. The molecule has 0 spiro atoms. The summed E-state index contributed by atoms with van der Waals surface area (Å²) in [6.07, 6.45) is 8.31. The second-order valence-electron chi connectivity index (χ2n) is 7.69. The molecule has 1 N–H and O–H groups in total. The minimum atomic E-state index is -0.425. The standard InChI is InChI=1S/C25H26N4O3/c1-28-16-14-26-25(28)24(19-5-3-6-21(17-19)32-2)27-22(30)13-10-18-8-11-20(12-9-18)29-15-4-7-23(29)31/h3,5-6,8-14,16-17,24H,4,7,15H2,1-2H3,(H,27,30)/b13-10+. The molecule has 0 saturated carbocycles. The second-order valence-corrected chi connectivity index (χ2v) is 7.69. The predicted molar refractivity (Wildman–Crippen MR) is 123 cm³/mol. The van der Waals surface area contributed by atoms with Crippen molar-refractivity contribution in [2.75, 3.05) is 18.6 Å². The van der Waals surface area contributed by atoms with Gasteiger partial charge < -0.3 is 19.5 Å². The van der Waals surface area contributed by atoms with Crippen LogP contribution < -0.4 is 15.0 Å². The number of carbonyl (C=O) groups is 2. The van der Waals surface area contributed by atoms with E-state index in [1.54, 1.807) is 24.3 Å². The number of rotatable bonds is 7. The smallest absolute Gasteiger partial charge is 0.244 e. The molecular formula is C25H26N4O3. The van der Waals surface area contributed by atoms with Crippen LogP contribution in [0.4, 0.5) is 5.69 Å². The van der Waals surface area contributed by atoms with E-state index in [4.69, 9.17) is 4.74 Å². The predicted octanol–water partition coefficient (Wildman–Crippen LogP) is 3.47. The molecule has 4 rings (SSSR count).